The summed E-state index contributed by atoms with van der Waals surface area (Å²) in [5, 5.41) is 2.75. The molecular weight excluding hydrogens is 412 g/mol. The average molecular weight is 435 g/mol. The van der Waals surface area contributed by atoms with E-state index in [0.29, 0.717) is 16.1 Å². The van der Waals surface area contributed by atoms with Crippen molar-refractivity contribution >= 4 is 38.9 Å². The standard InChI is InChI=1S/C20H22N2O5S2/c1-10(2)18-20(24)21-13-7-11(3)17(9-14(13)27-18)29(25,26)22-19(23)16-8-12-5-4-6-15(12)28-16/h7-10,18H,4-6H2,1-3H3,(H,21,24)(H,22,23)/t18-/m0/s1. The summed E-state index contributed by atoms with van der Waals surface area (Å²) in [7, 11) is -4.10. The maximum Gasteiger partial charge on any atom is 0.275 e. The number of sulfonamides is 1. The first kappa shape index (κ1) is 19.9. The normalized spacial score (nSPS) is 18.1. The zero-order valence-electron chi connectivity index (χ0n) is 16.4. The summed E-state index contributed by atoms with van der Waals surface area (Å²) >= 11 is 1.35. The number of carbonyl (C=O) groups is 2. The van der Waals surface area contributed by atoms with Gasteiger partial charge in [-0.3, -0.25) is 9.59 Å². The highest BCUT2D eigenvalue weighted by atomic mass is 32.2. The van der Waals surface area contributed by atoms with Gasteiger partial charge in [0.25, 0.3) is 21.8 Å². The van der Waals surface area contributed by atoms with Crippen LogP contribution in [0.2, 0.25) is 0 Å². The Morgan fingerprint density at radius 3 is 2.72 bits per heavy atom. The van der Waals surface area contributed by atoms with Gasteiger partial charge in [-0.2, -0.15) is 0 Å². The SMILES string of the molecule is Cc1cc2c(cc1S(=O)(=O)NC(=O)c1cc3c(s1)CCC3)O[C@@H](C(C)C)C(=O)N2. The number of thiophene rings is 1. The molecule has 0 saturated heterocycles. The van der Waals surface area contributed by atoms with Gasteiger partial charge in [-0.05, 0) is 55.4 Å². The van der Waals surface area contributed by atoms with Crippen LogP contribution in [-0.4, -0.2) is 26.3 Å². The van der Waals surface area contributed by atoms with Crippen LogP contribution in [0, 0.1) is 12.8 Å². The molecule has 0 fully saturated rings. The van der Waals surface area contributed by atoms with Crippen molar-refractivity contribution in [2.75, 3.05) is 5.32 Å². The first-order valence-electron chi connectivity index (χ1n) is 9.46. The van der Waals surface area contributed by atoms with Crippen LogP contribution in [0.3, 0.4) is 0 Å². The van der Waals surface area contributed by atoms with Crippen molar-refractivity contribution in [2.24, 2.45) is 5.92 Å². The smallest absolute Gasteiger partial charge is 0.275 e. The average Bonchev–Trinajstić information content (AvgIpc) is 3.21. The largest absolute Gasteiger partial charge is 0.478 e. The molecule has 2 heterocycles. The monoisotopic (exact) mass is 434 g/mol. The molecule has 0 spiro atoms. The predicted molar refractivity (Wildman–Crippen MR) is 110 cm³/mol. The molecule has 2 aromatic rings. The predicted octanol–water partition coefficient (Wildman–Crippen LogP) is 3.02. The van der Waals surface area contributed by atoms with E-state index < -0.39 is 22.0 Å². The van der Waals surface area contributed by atoms with Crippen LogP contribution in [0.15, 0.2) is 23.1 Å². The molecule has 0 unspecified atom stereocenters. The molecule has 29 heavy (non-hydrogen) atoms. The van der Waals surface area contributed by atoms with Crippen LogP contribution < -0.4 is 14.8 Å². The van der Waals surface area contributed by atoms with E-state index in [0.717, 1.165) is 29.7 Å². The van der Waals surface area contributed by atoms with Gasteiger partial charge in [-0.25, -0.2) is 13.1 Å². The number of nitrogens with one attached hydrogen (secondary N) is 2. The molecule has 154 valence electrons. The molecular formula is C20H22N2O5S2. The van der Waals surface area contributed by atoms with Gasteiger partial charge in [-0.1, -0.05) is 13.8 Å². The Labute approximate surface area is 173 Å². The topological polar surface area (TPSA) is 102 Å². The number of hydrogen-bond acceptors (Lipinski definition) is 6. The van der Waals surface area contributed by atoms with Gasteiger partial charge in [0.1, 0.15) is 5.75 Å². The third-order valence-corrected chi connectivity index (χ3v) is 7.85. The lowest BCUT2D eigenvalue weighted by atomic mass is 10.0. The third-order valence-electron chi connectivity index (χ3n) is 5.14. The second kappa shape index (κ2) is 7.14. The molecule has 2 amide bonds. The Kier molecular flexibility index (Phi) is 4.90. The van der Waals surface area contributed by atoms with E-state index in [-0.39, 0.29) is 22.5 Å². The molecule has 1 atom stereocenters. The van der Waals surface area contributed by atoms with Crippen molar-refractivity contribution < 1.29 is 22.7 Å². The summed E-state index contributed by atoms with van der Waals surface area (Å²) in [6.45, 7) is 5.30. The van der Waals surface area contributed by atoms with Gasteiger partial charge in [0, 0.05) is 10.9 Å². The molecule has 0 radical (unpaired) electrons. The maximum atomic E-state index is 12.9. The fraction of sp³-hybridized carbons (Fsp3) is 0.400. The van der Waals surface area contributed by atoms with Crippen molar-refractivity contribution in [3.8, 4) is 5.75 Å². The molecule has 7 nitrogen and oxygen atoms in total. The van der Waals surface area contributed by atoms with E-state index in [9.17, 15) is 18.0 Å². The van der Waals surface area contributed by atoms with Crippen molar-refractivity contribution in [1.29, 1.82) is 0 Å². The van der Waals surface area contributed by atoms with E-state index >= 15 is 0 Å². The minimum Gasteiger partial charge on any atom is -0.478 e. The summed E-state index contributed by atoms with van der Waals surface area (Å²) in [5.74, 6) is -0.695. The Morgan fingerprint density at radius 2 is 2.03 bits per heavy atom. The zero-order chi connectivity index (χ0) is 20.9. The van der Waals surface area contributed by atoms with Gasteiger partial charge in [0.05, 0.1) is 15.5 Å². The zero-order valence-corrected chi connectivity index (χ0v) is 18.0. The van der Waals surface area contributed by atoms with Crippen molar-refractivity contribution in [3.05, 3.63) is 39.1 Å². The number of carbonyl (C=O) groups excluding carboxylic acids is 2. The van der Waals surface area contributed by atoms with Crippen molar-refractivity contribution in [3.63, 3.8) is 0 Å². The molecule has 0 bridgehead atoms. The molecule has 1 aromatic heterocycles. The van der Waals surface area contributed by atoms with Crippen molar-refractivity contribution in [2.45, 2.75) is 51.0 Å². The highest BCUT2D eigenvalue weighted by Crippen LogP contribution is 2.36. The minimum absolute atomic E-state index is 0.0487. The van der Waals surface area contributed by atoms with Crippen LogP contribution in [-0.2, 0) is 27.7 Å². The highest BCUT2D eigenvalue weighted by Gasteiger charge is 2.32. The Balaban J connectivity index is 1.62. The number of aryl methyl sites for hydroxylation is 3. The fourth-order valence-electron chi connectivity index (χ4n) is 3.66. The van der Waals surface area contributed by atoms with E-state index in [2.05, 4.69) is 10.0 Å². The van der Waals surface area contributed by atoms with E-state index in [1.165, 1.54) is 17.4 Å². The van der Waals surface area contributed by atoms with Gasteiger partial charge < -0.3 is 10.1 Å². The number of anilines is 1. The molecule has 9 heteroatoms. The van der Waals surface area contributed by atoms with E-state index in [4.69, 9.17) is 4.74 Å². The highest BCUT2D eigenvalue weighted by molar-refractivity contribution is 7.90. The second-order valence-electron chi connectivity index (χ2n) is 7.73. The quantitative estimate of drug-likeness (QED) is 0.770. The fourth-order valence-corrected chi connectivity index (χ4v) is 6.08. The Bertz CT molecular complexity index is 1100. The van der Waals surface area contributed by atoms with E-state index in [1.54, 1.807) is 19.1 Å². The summed E-state index contributed by atoms with van der Waals surface area (Å²) < 4.78 is 33.7. The number of hydrogen-bond donors (Lipinski definition) is 2. The lowest BCUT2D eigenvalue weighted by molar-refractivity contribution is -0.125. The van der Waals surface area contributed by atoms with Gasteiger partial charge in [-0.15, -0.1) is 11.3 Å². The van der Waals surface area contributed by atoms with Gasteiger partial charge >= 0.3 is 0 Å². The van der Waals surface area contributed by atoms with Gasteiger partial charge in [0.15, 0.2) is 6.10 Å². The molecule has 0 saturated carbocycles. The number of rotatable bonds is 4. The molecule has 1 aromatic carbocycles. The molecule has 2 aliphatic rings. The first-order valence-corrected chi connectivity index (χ1v) is 11.8. The molecule has 2 N–H and O–H groups in total. The summed E-state index contributed by atoms with van der Waals surface area (Å²) in [6, 6.07) is 4.69. The molecule has 1 aliphatic heterocycles. The lowest BCUT2D eigenvalue weighted by Crippen LogP contribution is -2.40. The van der Waals surface area contributed by atoms with E-state index in [1.807, 2.05) is 13.8 Å². The lowest BCUT2D eigenvalue weighted by Gasteiger charge is -2.29. The van der Waals surface area contributed by atoms with Crippen LogP contribution in [0.5, 0.6) is 5.75 Å². The molecule has 4 rings (SSSR count). The number of fused-ring (bicyclic) bond motifs is 2. The summed E-state index contributed by atoms with van der Waals surface area (Å²) in [4.78, 5) is 26.2. The van der Waals surface area contributed by atoms with Crippen molar-refractivity contribution in [1.82, 2.24) is 4.72 Å². The Morgan fingerprint density at radius 1 is 1.28 bits per heavy atom. The van der Waals surface area contributed by atoms with Crippen LogP contribution in [0.25, 0.3) is 0 Å². The maximum absolute atomic E-state index is 12.9. The van der Waals surface area contributed by atoms with Crippen LogP contribution in [0.1, 0.15) is 45.9 Å². The summed E-state index contributed by atoms with van der Waals surface area (Å²) in [5.41, 5.74) is 1.96. The second-order valence-corrected chi connectivity index (χ2v) is 10.5. The number of amides is 2. The third kappa shape index (κ3) is 3.64. The number of benzene rings is 1. The van der Waals surface area contributed by atoms with Crippen LogP contribution in [0.4, 0.5) is 5.69 Å². The Hall–Kier alpha value is -2.39. The summed E-state index contributed by atoms with van der Waals surface area (Å²) in [6.07, 6.45) is 2.23. The number of ether oxygens (including phenoxy) is 1. The molecule has 1 aliphatic carbocycles. The van der Waals surface area contributed by atoms with Gasteiger partial charge in [0.2, 0.25) is 0 Å². The van der Waals surface area contributed by atoms with Crippen LogP contribution >= 0.6 is 11.3 Å². The minimum atomic E-state index is -4.10. The first-order chi connectivity index (χ1) is 13.7.